The number of Topliss-reactive ketones (excluding diaryl/α,β-unsaturated/α-hetero) is 1. The van der Waals surface area contributed by atoms with Gasteiger partial charge in [-0.2, -0.15) is 5.10 Å². The number of carbonyl (C=O) groups excluding carboxylic acids is 3. The Morgan fingerprint density at radius 2 is 1.84 bits per heavy atom. The number of carbonyl (C=O) groups is 3. The number of hydrogen-bond acceptors (Lipinski definition) is 6. The van der Waals surface area contributed by atoms with Crippen molar-refractivity contribution in [2.24, 2.45) is 5.73 Å². The van der Waals surface area contributed by atoms with E-state index >= 15 is 0 Å². The molecule has 0 fully saturated rings. The number of hydrogen-bond donors (Lipinski definition) is 2. The van der Waals surface area contributed by atoms with Crippen LogP contribution < -0.4 is 15.8 Å². The van der Waals surface area contributed by atoms with E-state index < -0.39 is 35.3 Å². The van der Waals surface area contributed by atoms with Crippen LogP contribution in [-0.4, -0.2) is 45.5 Å². The number of nitrogens with one attached hydrogen (secondary N) is 1. The Kier molecular flexibility index (Phi) is 7.33. The molecule has 0 aliphatic carbocycles. The molecule has 0 saturated heterocycles. The fraction of sp³-hybridized carbons (Fsp3) is 0.115. The Hall–Kier alpha value is -4.93. The predicted molar refractivity (Wildman–Crippen MR) is 129 cm³/mol. The molecule has 4 aromatic rings. The Morgan fingerprint density at radius 1 is 1.08 bits per heavy atom. The van der Waals surface area contributed by atoms with Crippen molar-refractivity contribution in [3.05, 3.63) is 95.8 Å². The van der Waals surface area contributed by atoms with Crippen molar-refractivity contribution in [2.45, 2.75) is 12.5 Å². The molecule has 0 saturated carbocycles. The summed E-state index contributed by atoms with van der Waals surface area (Å²) in [7, 11) is 1.51. The number of primary amides is 1. The number of nitrogens with zero attached hydrogens (tertiary/aromatic N) is 3. The topological polar surface area (TPSA) is 129 Å². The number of halogens is 2. The summed E-state index contributed by atoms with van der Waals surface area (Å²) in [6.45, 7) is 0. The van der Waals surface area contributed by atoms with Gasteiger partial charge in [-0.25, -0.2) is 18.4 Å². The average Bonchev–Trinajstić information content (AvgIpc) is 3.38. The van der Waals surface area contributed by atoms with Gasteiger partial charge in [-0.3, -0.25) is 14.4 Å². The van der Waals surface area contributed by atoms with E-state index in [1.807, 2.05) is 0 Å². The number of pyridine rings is 1. The maximum Gasteiger partial charge on any atom is 0.287 e. The molecule has 188 valence electrons. The molecule has 2 heterocycles. The van der Waals surface area contributed by atoms with E-state index in [-0.39, 0.29) is 29.1 Å². The highest BCUT2D eigenvalue weighted by Gasteiger charge is 2.27. The van der Waals surface area contributed by atoms with Crippen molar-refractivity contribution in [1.82, 2.24) is 20.1 Å². The molecule has 0 spiro atoms. The van der Waals surface area contributed by atoms with Crippen LogP contribution in [0.5, 0.6) is 5.75 Å². The molecule has 9 nitrogen and oxygen atoms in total. The van der Waals surface area contributed by atoms with Crippen LogP contribution >= 0.6 is 0 Å². The third kappa shape index (κ3) is 5.67. The molecule has 0 aliphatic rings. The monoisotopic (exact) mass is 505 g/mol. The summed E-state index contributed by atoms with van der Waals surface area (Å²) < 4.78 is 33.9. The Bertz CT molecular complexity index is 1470. The minimum atomic E-state index is -1.24. The number of methoxy groups -OCH3 is 1. The number of amides is 2. The molecule has 1 atom stereocenters. The SMILES string of the molecule is COc1ccc(CC(NC(=O)c2cccnc2-n2ccc(-c3ccc(F)cc3F)n2)C(=O)C(N)=O)cc1. The zero-order chi connectivity index (χ0) is 26.5. The van der Waals surface area contributed by atoms with E-state index in [1.54, 1.807) is 24.3 Å². The van der Waals surface area contributed by atoms with Crippen molar-refractivity contribution in [1.29, 1.82) is 0 Å². The first-order valence-electron chi connectivity index (χ1n) is 11.0. The van der Waals surface area contributed by atoms with E-state index in [9.17, 15) is 23.2 Å². The molecular formula is C26H21F2N5O4. The maximum absolute atomic E-state index is 14.2. The number of ether oxygens (including phenoxy) is 1. The van der Waals surface area contributed by atoms with Gasteiger partial charge in [0, 0.05) is 30.4 Å². The van der Waals surface area contributed by atoms with Gasteiger partial charge in [0.15, 0.2) is 5.82 Å². The third-order valence-electron chi connectivity index (χ3n) is 5.51. The highest BCUT2D eigenvalue weighted by Crippen LogP contribution is 2.23. The highest BCUT2D eigenvalue weighted by molar-refractivity contribution is 6.38. The molecular weight excluding hydrogens is 484 g/mol. The standard InChI is InChI=1S/C26H21F2N5O4/c1-37-17-7-4-15(5-8-17)13-22(23(34)24(29)35)31-26(36)19-3-2-11-30-25(19)33-12-10-21(32-33)18-9-6-16(27)14-20(18)28/h2-12,14,22H,13H2,1H3,(H2,29,35)(H,31,36). The van der Waals surface area contributed by atoms with Crippen LogP contribution in [0.2, 0.25) is 0 Å². The largest absolute Gasteiger partial charge is 0.497 e. The normalized spacial score (nSPS) is 11.5. The molecule has 0 radical (unpaired) electrons. The van der Waals surface area contributed by atoms with Crippen molar-refractivity contribution in [2.75, 3.05) is 7.11 Å². The van der Waals surface area contributed by atoms with E-state index in [4.69, 9.17) is 10.5 Å². The van der Waals surface area contributed by atoms with Crippen LogP contribution in [0.3, 0.4) is 0 Å². The van der Waals surface area contributed by atoms with Gasteiger partial charge in [-0.05, 0) is 48.0 Å². The quantitative estimate of drug-likeness (QED) is 0.337. The van der Waals surface area contributed by atoms with Crippen molar-refractivity contribution >= 4 is 17.6 Å². The lowest BCUT2D eigenvalue weighted by molar-refractivity contribution is -0.137. The Labute approximate surface area is 209 Å². The summed E-state index contributed by atoms with van der Waals surface area (Å²) >= 11 is 0. The van der Waals surface area contributed by atoms with Crippen LogP contribution in [0, 0.1) is 11.6 Å². The first-order chi connectivity index (χ1) is 17.8. The lowest BCUT2D eigenvalue weighted by Crippen LogP contribution is -2.47. The second-order valence-corrected chi connectivity index (χ2v) is 7.95. The lowest BCUT2D eigenvalue weighted by Gasteiger charge is -2.17. The molecule has 2 aromatic carbocycles. The minimum absolute atomic E-state index is 0.00284. The van der Waals surface area contributed by atoms with Crippen LogP contribution in [0.15, 0.2) is 73.1 Å². The second-order valence-electron chi connectivity index (χ2n) is 7.95. The molecule has 2 aromatic heterocycles. The first kappa shape index (κ1) is 25.2. The molecule has 3 N–H and O–H groups in total. The fourth-order valence-electron chi connectivity index (χ4n) is 3.65. The van der Waals surface area contributed by atoms with Crippen LogP contribution in [0.25, 0.3) is 17.1 Å². The van der Waals surface area contributed by atoms with E-state index in [2.05, 4.69) is 15.4 Å². The minimum Gasteiger partial charge on any atom is -0.497 e. The third-order valence-corrected chi connectivity index (χ3v) is 5.51. The molecule has 1 unspecified atom stereocenters. The van der Waals surface area contributed by atoms with Crippen molar-refractivity contribution < 1.29 is 27.9 Å². The summed E-state index contributed by atoms with van der Waals surface area (Å²) in [5.41, 5.74) is 6.16. The van der Waals surface area contributed by atoms with E-state index in [1.165, 1.54) is 48.5 Å². The van der Waals surface area contributed by atoms with Crippen molar-refractivity contribution in [3.8, 4) is 22.8 Å². The summed E-state index contributed by atoms with van der Waals surface area (Å²) in [4.78, 5) is 41.6. The van der Waals surface area contributed by atoms with Gasteiger partial charge in [0.2, 0.25) is 5.78 Å². The molecule has 0 aliphatic heterocycles. The molecule has 4 rings (SSSR count). The summed E-state index contributed by atoms with van der Waals surface area (Å²) in [6.07, 6.45) is 2.89. The van der Waals surface area contributed by atoms with Gasteiger partial charge >= 0.3 is 0 Å². The van der Waals surface area contributed by atoms with E-state index in [0.717, 1.165) is 12.1 Å². The fourth-order valence-corrected chi connectivity index (χ4v) is 3.65. The zero-order valence-corrected chi connectivity index (χ0v) is 19.5. The molecule has 0 bridgehead atoms. The van der Waals surface area contributed by atoms with Gasteiger partial charge < -0.3 is 15.8 Å². The number of aromatic nitrogens is 3. The van der Waals surface area contributed by atoms with Gasteiger partial charge in [0.1, 0.15) is 23.4 Å². The van der Waals surface area contributed by atoms with E-state index in [0.29, 0.717) is 11.3 Å². The Balaban J connectivity index is 1.61. The molecule has 2 amide bonds. The number of ketones is 1. The lowest BCUT2D eigenvalue weighted by atomic mass is 10.0. The van der Waals surface area contributed by atoms with Crippen LogP contribution in [0.1, 0.15) is 15.9 Å². The van der Waals surface area contributed by atoms with Crippen molar-refractivity contribution in [3.63, 3.8) is 0 Å². The van der Waals surface area contributed by atoms with Gasteiger partial charge in [0.25, 0.3) is 11.8 Å². The summed E-state index contributed by atoms with van der Waals surface area (Å²) in [5, 5.41) is 6.82. The van der Waals surface area contributed by atoms with Gasteiger partial charge in [0.05, 0.1) is 18.4 Å². The number of rotatable bonds is 9. The summed E-state index contributed by atoms with van der Waals surface area (Å²) in [5.74, 6) is -3.70. The van der Waals surface area contributed by atoms with Gasteiger partial charge in [-0.15, -0.1) is 0 Å². The predicted octanol–water partition coefficient (Wildman–Crippen LogP) is 2.62. The smallest absolute Gasteiger partial charge is 0.287 e. The number of nitrogens with two attached hydrogens (primary N) is 1. The second kappa shape index (κ2) is 10.8. The summed E-state index contributed by atoms with van der Waals surface area (Å²) in [6, 6.07) is 13.1. The molecule has 11 heteroatoms. The Morgan fingerprint density at radius 3 is 2.51 bits per heavy atom. The average molecular weight is 505 g/mol. The zero-order valence-electron chi connectivity index (χ0n) is 19.5. The number of benzene rings is 2. The first-order valence-corrected chi connectivity index (χ1v) is 11.0. The van der Waals surface area contributed by atoms with Crippen LogP contribution in [-0.2, 0) is 16.0 Å². The maximum atomic E-state index is 14.2. The highest BCUT2D eigenvalue weighted by atomic mass is 19.1. The van der Waals surface area contributed by atoms with Crippen LogP contribution in [0.4, 0.5) is 8.78 Å². The van der Waals surface area contributed by atoms with Gasteiger partial charge in [-0.1, -0.05) is 12.1 Å². The molecule has 37 heavy (non-hydrogen) atoms.